The van der Waals surface area contributed by atoms with Crippen LogP contribution in [0.5, 0.6) is 5.75 Å². The Balaban J connectivity index is 1.39. The van der Waals surface area contributed by atoms with Crippen molar-refractivity contribution in [3.63, 3.8) is 0 Å². The fourth-order valence-electron chi connectivity index (χ4n) is 3.26. The Hall–Kier alpha value is -3.48. The number of amides is 1. The van der Waals surface area contributed by atoms with Gasteiger partial charge in [-0.1, -0.05) is 24.3 Å². The molecule has 3 heterocycles. The van der Waals surface area contributed by atoms with Crippen LogP contribution < -0.4 is 15.6 Å². The summed E-state index contributed by atoms with van der Waals surface area (Å²) in [6.07, 6.45) is 2.27. The average Bonchev–Trinajstić information content (AvgIpc) is 3.13. The van der Waals surface area contributed by atoms with Gasteiger partial charge in [-0.25, -0.2) is 4.98 Å². The number of fused-ring (bicyclic) bond motifs is 1. The zero-order valence-electron chi connectivity index (χ0n) is 15.4. The number of benzene rings is 1. The van der Waals surface area contributed by atoms with Gasteiger partial charge in [0.15, 0.2) is 5.82 Å². The molecule has 7 nitrogen and oxygen atoms in total. The van der Waals surface area contributed by atoms with Gasteiger partial charge in [0.2, 0.25) is 5.91 Å². The van der Waals surface area contributed by atoms with Gasteiger partial charge < -0.3 is 15.0 Å². The lowest BCUT2D eigenvalue weighted by atomic mass is 10.1. The quantitative estimate of drug-likeness (QED) is 0.708. The van der Waals surface area contributed by atoms with Gasteiger partial charge in [-0.2, -0.15) is 0 Å². The van der Waals surface area contributed by atoms with Crippen LogP contribution in [0.2, 0.25) is 0 Å². The van der Waals surface area contributed by atoms with Crippen LogP contribution in [-0.2, 0) is 17.6 Å². The molecule has 4 rings (SSSR count). The zero-order valence-corrected chi connectivity index (χ0v) is 15.4. The molecule has 0 bridgehead atoms. The molecule has 1 amide bonds. The van der Waals surface area contributed by atoms with Crippen LogP contribution in [0.4, 0.5) is 0 Å². The summed E-state index contributed by atoms with van der Waals surface area (Å²) in [5.41, 5.74) is 2.27. The number of pyridine rings is 1. The second-order valence-electron chi connectivity index (χ2n) is 6.73. The first-order valence-corrected chi connectivity index (χ1v) is 9.12. The van der Waals surface area contributed by atoms with E-state index in [2.05, 4.69) is 20.3 Å². The number of hydrogen-bond acceptors (Lipinski definition) is 5. The number of hydrogen-bond donors (Lipinski definition) is 2. The Labute approximate surface area is 161 Å². The highest BCUT2D eigenvalue weighted by atomic mass is 16.5. The van der Waals surface area contributed by atoms with Crippen molar-refractivity contribution in [2.75, 3.05) is 6.54 Å². The van der Waals surface area contributed by atoms with E-state index in [1.165, 1.54) is 0 Å². The lowest BCUT2D eigenvalue weighted by Crippen LogP contribution is -2.36. The van der Waals surface area contributed by atoms with Gasteiger partial charge in [-0.15, -0.1) is 0 Å². The SMILES string of the molecule is Cc1nc(-c2ccccn2)[nH]c(=O)c1CC(=O)NC[C@@H]1Cc2ccccc2O1. The first-order valence-electron chi connectivity index (χ1n) is 9.12. The summed E-state index contributed by atoms with van der Waals surface area (Å²) in [6.45, 7) is 2.12. The van der Waals surface area contributed by atoms with E-state index in [1.54, 1.807) is 25.3 Å². The van der Waals surface area contributed by atoms with E-state index in [9.17, 15) is 9.59 Å². The Morgan fingerprint density at radius 3 is 2.82 bits per heavy atom. The van der Waals surface area contributed by atoms with E-state index < -0.39 is 0 Å². The van der Waals surface area contributed by atoms with Gasteiger partial charge >= 0.3 is 0 Å². The number of carbonyl (C=O) groups excluding carboxylic acids is 1. The minimum atomic E-state index is -0.326. The second kappa shape index (κ2) is 7.64. The molecule has 2 N–H and O–H groups in total. The molecule has 3 aromatic rings. The number of rotatable bonds is 5. The van der Waals surface area contributed by atoms with E-state index in [0.717, 1.165) is 17.7 Å². The lowest BCUT2D eigenvalue weighted by Gasteiger charge is -2.12. The Morgan fingerprint density at radius 2 is 2.07 bits per heavy atom. The van der Waals surface area contributed by atoms with Crippen LogP contribution in [0.25, 0.3) is 11.5 Å². The van der Waals surface area contributed by atoms with Crippen LogP contribution in [-0.4, -0.2) is 33.5 Å². The molecule has 0 aliphatic carbocycles. The molecule has 28 heavy (non-hydrogen) atoms. The van der Waals surface area contributed by atoms with E-state index in [1.807, 2.05) is 30.3 Å². The molecule has 1 aromatic carbocycles. The summed E-state index contributed by atoms with van der Waals surface area (Å²) in [5, 5.41) is 2.85. The van der Waals surface area contributed by atoms with Crippen molar-refractivity contribution in [1.82, 2.24) is 20.3 Å². The Kier molecular flexibility index (Phi) is 4.89. The van der Waals surface area contributed by atoms with Crippen LogP contribution in [0.15, 0.2) is 53.5 Å². The van der Waals surface area contributed by atoms with Crippen molar-refractivity contribution in [3.8, 4) is 17.3 Å². The monoisotopic (exact) mass is 376 g/mol. The maximum Gasteiger partial charge on any atom is 0.255 e. The number of aryl methyl sites for hydroxylation is 1. The number of nitrogens with one attached hydrogen (secondary N) is 2. The molecule has 142 valence electrons. The third-order valence-electron chi connectivity index (χ3n) is 4.71. The summed E-state index contributed by atoms with van der Waals surface area (Å²) in [7, 11) is 0. The van der Waals surface area contributed by atoms with Gasteiger partial charge in [-0.05, 0) is 30.7 Å². The van der Waals surface area contributed by atoms with Crippen molar-refractivity contribution in [1.29, 1.82) is 0 Å². The molecule has 0 fully saturated rings. The molecule has 1 atom stereocenters. The van der Waals surface area contributed by atoms with Crippen molar-refractivity contribution in [2.45, 2.75) is 25.9 Å². The summed E-state index contributed by atoms with van der Waals surface area (Å²) in [6, 6.07) is 13.2. The van der Waals surface area contributed by atoms with Crippen molar-refractivity contribution in [2.24, 2.45) is 0 Å². The van der Waals surface area contributed by atoms with E-state index >= 15 is 0 Å². The molecular formula is C21H20N4O3. The third-order valence-corrected chi connectivity index (χ3v) is 4.71. The molecule has 2 aromatic heterocycles. The first kappa shape index (κ1) is 17.9. The summed E-state index contributed by atoms with van der Waals surface area (Å²) in [4.78, 5) is 36.1. The lowest BCUT2D eigenvalue weighted by molar-refractivity contribution is -0.120. The molecule has 1 aliphatic heterocycles. The number of para-hydroxylation sites is 1. The van der Waals surface area contributed by atoms with Crippen molar-refractivity contribution >= 4 is 5.91 Å². The van der Waals surface area contributed by atoms with Crippen LogP contribution >= 0.6 is 0 Å². The predicted octanol–water partition coefficient (Wildman–Crippen LogP) is 1.80. The van der Waals surface area contributed by atoms with Gasteiger partial charge in [0.1, 0.15) is 17.5 Å². The fraction of sp³-hybridized carbons (Fsp3) is 0.238. The molecule has 0 unspecified atom stereocenters. The van der Waals surface area contributed by atoms with Crippen molar-refractivity contribution in [3.05, 3.63) is 75.8 Å². The van der Waals surface area contributed by atoms with Crippen molar-refractivity contribution < 1.29 is 9.53 Å². The molecule has 0 saturated carbocycles. The number of aromatic nitrogens is 3. The van der Waals surface area contributed by atoms with Gasteiger partial charge in [0.05, 0.1) is 13.0 Å². The average molecular weight is 376 g/mol. The van der Waals surface area contributed by atoms with E-state index in [-0.39, 0.29) is 24.0 Å². The molecule has 1 aliphatic rings. The number of aromatic amines is 1. The predicted molar refractivity (Wildman–Crippen MR) is 104 cm³/mol. The summed E-state index contributed by atoms with van der Waals surface area (Å²) in [5.74, 6) is 1.02. The van der Waals surface area contributed by atoms with Crippen LogP contribution in [0.3, 0.4) is 0 Å². The molecule has 0 radical (unpaired) electrons. The van der Waals surface area contributed by atoms with E-state index in [0.29, 0.717) is 29.3 Å². The maximum atomic E-state index is 12.5. The smallest absolute Gasteiger partial charge is 0.255 e. The number of ether oxygens (including phenoxy) is 1. The molecule has 7 heteroatoms. The summed E-state index contributed by atoms with van der Waals surface area (Å²) < 4.78 is 5.82. The highest BCUT2D eigenvalue weighted by molar-refractivity contribution is 5.78. The largest absolute Gasteiger partial charge is 0.488 e. The second-order valence-corrected chi connectivity index (χ2v) is 6.73. The first-order chi connectivity index (χ1) is 13.6. The zero-order chi connectivity index (χ0) is 19.5. The Bertz CT molecular complexity index is 1040. The standard InChI is InChI=1S/C21H20N4O3/c1-13-16(21(27)25-20(24-13)17-7-4-5-9-22-17)11-19(26)23-12-15-10-14-6-2-3-8-18(14)28-15/h2-9,15H,10-12H2,1H3,(H,23,26)(H,24,25,27)/t15-/m0/s1. The number of carbonyl (C=O) groups is 1. The highest BCUT2D eigenvalue weighted by Crippen LogP contribution is 2.27. The van der Waals surface area contributed by atoms with Crippen LogP contribution in [0.1, 0.15) is 16.8 Å². The minimum absolute atomic E-state index is 0.0314. The third kappa shape index (κ3) is 3.78. The van der Waals surface area contributed by atoms with Gasteiger partial charge in [-0.3, -0.25) is 14.6 Å². The highest BCUT2D eigenvalue weighted by Gasteiger charge is 2.23. The van der Waals surface area contributed by atoms with E-state index in [4.69, 9.17) is 4.74 Å². The molecule has 0 spiro atoms. The van der Waals surface area contributed by atoms with Gasteiger partial charge in [0.25, 0.3) is 5.56 Å². The van der Waals surface area contributed by atoms with Crippen LogP contribution in [0, 0.1) is 6.92 Å². The summed E-state index contributed by atoms with van der Waals surface area (Å²) >= 11 is 0. The maximum absolute atomic E-state index is 12.5. The fourth-order valence-corrected chi connectivity index (χ4v) is 3.26. The normalized spacial score (nSPS) is 15.0. The molecule has 0 saturated heterocycles. The number of H-pyrrole nitrogens is 1. The minimum Gasteiger partial charge on any atom is -0.488 e. The van der Waals surface area contributed by atoms with Gasteiger partial charge in [0, 0.05) is 23.9 Å². The Morgan fingerprint density at radius 1 is 1.25 bits per heavy atom. The topological polar surface area (TPSA) is 97.0 Å². The number of nitrogens with zero attached hydrogens (tertiary/aromatic N) is 2. The molecular weight excluding hydrogens is 356 g/mol.